The van der Waals surface area contributed by atoms with Gasteiger partial charge in [-0.25, -0.2) is 0 Å². The molecule has 0 N–H and O–H groups in total. The number of nitrogens with zero attached hydrogens (tertiary/aromatic N) is 1. The molecule has 0 aromatic rings. The number of hydrogen-bond acceptors (Lipinski definition) is 2. The highest BCUT2D eigenvalue weighted by Gasteiger charge is 2.08. The molecule has 0 bridgehead atoms. The summed E-state index contributed by atoms with van der Waals surface area (Å²) in [6, 6.07) is 0. The average molecular weight is 536 g/mol. The van der Waals surface area contributed by atoms with Crippen molar-refractivity contribution < 1.29 is 0 Å². The van der Waals surface area contributed by atoms with Gasteiger partial charge in [-0.2, -0.15) is 4.91 Å². The quantitative estimate of drug-likeness (QED) is 0.0595. The third kappa shape index (κ3) is 31.8. The lowest BCUT2D eigenvalue weighted by Gasteiger charge is -2.13. The number of nitroso groups, excluding NO2 is 1. The van der Waals surface area contributed by atoms with Crippen molar-refractivity contribution in [3.63, 3.8) is 0 Å². The van der Waals surface area contributed by atoms with Crippen LogP contribution in [0, 0.1) is 10.8 Å². The van der Waals surface area contributed by atoms with Crippen molar-refractivity contribution >= 4 is 0 Å². The van der Waals surface area contributed by atoms with Gasteiger partial charge in [0, 0.05) is 0 Å². The number of unbranched alkanes of at least 4 members (excludes halogenated alkanes) is 28. The van der Waals surface area contributed by atoms with E-state index in [0.717, 1.165) is 0 Å². The summed E-state index contributed by atoms with van der Waals surface area (Å²) in [6.07, 6.45) is 45.0. The van der Waals surface area contributed by atoms with Gasteiger partial charge in [-0.15, -0.1) is 0 Å². The molecule has 2 nitrogen and oxygen atoms in total. The van der Waals surface area contributed by atoms with E-state index in [-0.39, 0.29) is 0 Å². The molecule has 0 aromatic heterocycles. The van der Waals surface area contributed by atoms with Crippen molar-refractivity contribution in [3.05, 3.63) is 4.91 Å². The summed E-state index contributed by atoms with van der Waals surface area (Å²) in [5, 5.41) is 3.26. The van der Waals surface area contributed by atoms with Crippen molar-refractivity contribution in [1.82, 2.24) is 0 Å². The fraction of sp³-hybridized carbons (Fsp3) is 1.00. The Bertz CT molecular complexity index is 424. The molecule has 0 aliphatic heterocycles. The lowest BCUT2D eigenvalue weighted by Crippen LogP contribution is -2.04. The summed E-state index contributed by atoms with van der Waals surface area (Å²) in [6.45, 7) is 5.14. The average Bonchev–Trinajstić information content (AvgIpc) is 2.92. The highest BCUT2D eigenvalue weighted by molar-refractivity contribution is 4.63. The van der Waals surface area contributed by atoms with E-state index in [4.69, 9.17) is 0 Å². The van der Waals surface area contributed by atoms with Gasteiger partial charge in [0.1, 0.15) is 0 Å². The van der Waals surface area contributed by atoms with E-state index in [1.165, 1.54) is 205 Å². The summed E-state index contributed by atoms with van der Waals surface area (Å²) < 4.78 is 0. The van der Waals surface area contributed by atoms with E-state index in [1.807, 2.05) is 0 Å². The zero-order chi connectivity index (χ0) is 27.6. The van der Waals surface area contributed by atoms with Gasteiger partial charge in [-0.1, -0.05) is 212 Å². The minimum Gasteiger partial charge on any atom is -0.151 e. The molecule has 228 valence electrons. The van der Waals surface area contributed by atoms with Crippen LogP contribution in [0.2, 0.25) is 0 Å². The summed E-state index contributed by atoms with van der Waals surface area (Å²) in [5.74, 6) is 0.552. The summed E-state index contributed by atoms with van der Waals surface area (Å²) in [5.41, 5.74) is 0. The van der Waals surface area contributed by atoms with Crippen LogP contribution in [-0.2, 0) is 0 Å². The lowest BCUT2D eigenvalue weighted by molar-refractivity contribution is 0.409. The van der Waals surface area contributed by atoms with Crippen molar-refractivity contribution in [1.29, 1.82) is 0 Å². The van der Waals surface area contributed by atoms with Gasteiger partial charge in [0.2, 0.25) is 0 Å². The molecule has 0 fully saturated rings. The van der Waals surface area contributed by atoms with Crippen molar-refractivity contribution in [3.8, 4) is 0 Å². The molecular weight excluding hydrogens is 462 g/mol. The SMILES string of the molecule is CCCCCCCCCCCCCCCCCCC(CCCCCCCCCCCCCCCC)CN=O. The molecule has 0 saturated carbocycles. The van der Waals surface area contributed by atoms with Gasteiger partial charge < -0.3 is 0 Å². The van der Waals surface area contributed by atoms with Crippen LogP contribution in [0.15, 0.2) is 5.18 Å². The molecule has 1 unspecified atom stereocenters. The maximum absolute atomic E-state index is 10.9. The fourth-order valence-electron chi connectivity index (χ4n) is 6.04. The molecule has 38 heavy (non-hydrogen) atoms. The van der Waals surface area contributed by atoms with E-state index in [1.54, 1.807) is 0 Å². The second-order valence-electron chi connectivity index (χ2n) is 12.7. The van der Waals surface area contributed by atoms with Crippen LogP contribution in [0.4, 0.5) is 0 Å². The number of rotatable bonds is 34. The second-order valence-corrected chi connectivity index (χ2v) is 12.7. The van der Waals surface area contributed by atoms with E-state index in [2.05, 4.69) is 19.0 Å². The Kier molecular flexibility index (Phi) is 34.3. The molecule has 0 amide bonds. The first-order valence-electron chi connectivity index (χ1n) is 18.1. The minimum absolute atomic E-state index is 0.552. The first kappa shape index (κ1) is 37.6. The van der Waals surface area contributed by atoms with Crippen LogP contribution in [0.5, 0.6) is 0 Å². The first-order chi connectivity index (χ1) is 18.8. The molecule has 2 heteroatoms. The minimum atomic E-state index is 0.552. The largest absolute Gasteiger partial charge is 0.151 e. The van der Waals surface area contributed by atoms with Gasteiger partial charge in [0.25, 0.3) is 0 Å². The Balaban J connectivity index is 3.36. The monoisotopic (exact) mass is 536 g/mol. The molecule has 0 saturated heterocycles. The maximum atomic E-state index is 10.9. The van der Waals surface area contributed by atoms with Gasteiger partial charge in [-0.3, -0.25) is 0 Å². The highest BCUT2D eigenvalue weighted by atomic mass is 16.3. The molecule has 0 radical (unpaired) electrons. The summed E-state index contributed by atoms with van der Waals surface area (Å²) in [4.78, 5) is 10.9. The Morgan fingerprint density at radius 2 is 0.553 bits per heavy atom. The van der Waals surface area contributed by atoms with Crippen molar-refractivity contribution in [2.24, 2.45) is 11.1 Å². The Labute approximate surface area is 241 Å². The summed E-state index contributed by atoms with van der Waals surface area (Å²) in [7, 11) is 0. The topological polar surface area (TPSA) is 29.4 Å². The Morgan fingerprint density at radius 3 is 0.763 bits per heavy atom. The van der Waals surface area contributed by atoms with Gasteiger partial charge in [0.15, 0.2) is 0 Å². The molecule has 0 aliphatic carbocycles. The first-order valence-corrected chi connectivity index (χ1v) is 18.1. The van der Waals surface area contributed by atoms with E-state index in [9.17, 15) is 4.91 Å². The van der Waals surface area contributed by atoms with Gasteiger partial charge in [0.05, 0.1) is 6.54 Å². The third-order valence-electron chi connectivity index (χ3n) is 8.76. The van der Waals surface area contributed by atoms with Crippen molar-refractivity contribution in [2.75, 3.05) is 6.54 Å². The van der Waals surface area contributed by atoms with Crippen LogP contribution in [0.3, 0.4) is 0 Å². The molecule has 0 spiro atoms. The van der Waals surface area contributed by atoms with E-state index < -0.39 is 0 Å². The molecular formula is C36H73NO. The van der Waals surface area contributed by atoms with Crippen LogP contribution in [-0.4, -0.2) is 6.54 Å². The predicted octanol–water partition coefficient (Wildman–Crippen LogP) is 13.9. The standard InChI is InChI=1S/C36H73NO/c1-3-5-7-9-11-13-15-17-19-20-22-24-26-28-30-32-34-36(35-37-38)33-31-29-27-25-23-21-18-16-14-12-10-8-6-4-2/h36H,3-35H2,1-2H3. The van der Waals surface area contributed by atoms with E-state index >= 15 is 0 Å². The zero-order valence-corrected chi connectivity index (χ0v) is 26.8. The predicted molar refractivity (Wildman–Crippen MR) is 173 cm³/mol. The van der Waals surface area contributed by atoms with E-state index in [0.29, 0.717) is 12.5 Å². The Morgan fingerprint density at radius 1 is 0.342 bits per heavy atom. The molecule has 0 aromatic carbocycles. The van der Waals surface area contributed by atoms with Crippen LogP contribution in [0.25, 0.3) is 0 Å². The second kappa shape index (κ2) is 34.6. The fourth-order valence-corrected chi connectivity index (χ4v) is 6.04. The summed E-state index contributed by atoms with van der Waals surface area (Å²) >= 11 is 0. The smallest absolute Gasteiger partial charge is 0.0839 e. The lowest BCUT2D eigenvalue weighted by atomic mass is 9.94. The normalized spacial score (nSPS) is 12.3. The number of hydrogen-bond donors (Lipinski definition) is 0. The van der Waals surface area contributed by atoms with Crippen LogP contribution >= 0.6 is 0 Å². The Hall–Kier alpha value is -0.400. The highest BCUT2D eigenvalue weighted by Crippen LogP contribution is 2.20. The van der Waals surface area contributed by atoms with Gasteiger partial charge in [-0.05, 0) is 18.8 Å². The van der Waals surface area contributed by atoms with Crippen molar-refractivity contribution in [2.45, 2.75) is 219 Å². The maximum Gasteiger partial charge on any atom is 0.0839 e. The van der Waals surface area contributed by atoms with Crippen LogP contribution in [0.1, 0.15) is 219 Å². The molecule has 0 heterocycles. The van der Waals surface area contributed by atoms with Crippen LogP contribution < -0.4 is 0 Å². The van der Waals surface area contributed by atoms with Gasteiger partial charge >= 0.3 is 0 Å². The molecule has 0 aliphatic rings. The molecule has 0 rings (SSSR count). The zero-order valence-electron chi connectivity index (χ0n) is 26.8. The molecule has 1 atom stereocenters. The third-order valence-corrected chi connectivity index (χ3v) is 8.76.